The first-order chi connectivity index (χ1) is 7.58. The Balaban J connectivity index is 2.99. The van der Waals surface area contributed by atoms with Crippen molar-refractivity contribution in [3.8, 4) is 0 Å². The minimum atomic E-state index is 0.0867. The quantitative estimate of drug-likeness (QED) is 0.896. The van der Waals surface area contributed by atoms with Crippen molar-refractivity contribution in [2.75, 3.05) is 18.0 Å². The molecule has 0 spiro atoms. The standard InChI is InChI=1S/C13H20BrNO/c1-4-15(8-10(2)3)13-6-5-12(14)7-11(13)9-16/h5-7,10,16H,4,8-9H2,1-3H3. The summed E-state index contributed by atoms with van der Waals surface area (Å²) in [5.74, 6) is 0.620. The molecule has 16 heavy (non-hydrogen) atoms. The largest absolute Gasteiger partial charge is 0.392 e. The van der Waals surface area contributed by atoms with Gasteiger partial charge in [0.05, 0.1) is 6.61 Å². The zero-order valence-corrected chi connectivity index (χ0v) is 11.8. The minimum Gasteiger partial charge on any atom is -0.392 e. The summed E-state index contributed by atoms with van der Waals surface area (Å²) in [6, 6.07) is 6.08. The number of benzene rings is 1. The van der Waals surface area contributed by atoms with Crippen molar-refractivity contribution in [2.24, 2.45) is 5.92 Å². The van der Waals surface area contributed by atoms with Gasteiger partial charge < -0.3 is 10.0 Å². The number of nitrogens with zero attached hydrogens (tertiary/aromatic N) is 1. The van der Waals surface area contributed by atoms with E-state index in [0.29, 0.717) is 5.92 Å². The van der Waals surface area contributed by atoms with Crippen LogP contribution in [0.3, 0.4) is 0 Å². The molecule has 1 aromatic carbocycles. The molecule has 3 heteroatoms. The van der Waals surface area contributed by atoms with Gasteiger partial charge in [0.25, 0.3) is 0 Å². The van der Waals surface area contributed by atoms with Crippen LogP contribution in [0.4, 0.5) is 5.69 Å². The molecule has 0 aliphatic carbocycles. The first-order valence-electron chi connectivity index (χ1n) is 5.72. The monoisotopic (exact) mass is 285 g/mol. The lowest BCUT2D eigenvalue weighted by atomic mass is 10.1. The van der Waals surface area contributed by atoms with E-state index in [4.69, 9.17) is 0 Å². The van der Waals surface area contributed by atoms with Crippen molar-refractivity contribution >= 4 is 21.6 Å². The summed E-state index contributed by atoms with van der Waals surface area (Å²) in [6.45, 7) is 8.63. The zero-order chi connectivity index (χ0) is 12.1. The highest BCUT2D eigenvalue weighted by Gasteiger charge is 2.10. The first-order valence-corrected chi connectivity index (χ1v) is 6.52. The molecule has 0 heterocycles. The lowest BCUT2D eigenvalue weighted by Gasteiger charge is -2.27. The molecule has 0 saturated carbocycles. The highest BCUT2D eigenvalue weighted by molar-refractivity contribution is 9.10. The molecule has 0 amide bonds. The van der Waals surface area contributed by atoms with Gasteiger partial charge in [-0.15, -0.1) is 0 Å². The van der Waals surface area contributed by atoms with E-state index in [2.05, 4.69) is 47.7 Å². The summed E-state index contributed by atoms with van der Waals surface area (Å²) in [7, 11) is 0. The molecule has 0 saturated heterocycles. The van der Waals surface area contributed by atoms with E-state index in [1.54, 1.807) is 0 Å². The summed E-state index contributed by atoms with van der Waals surface area (Å²) in [6.07, 6.45) is 0. The van der Waals surface area contributed by atoms with Crippen molar-refractivity contribution < 1.29 is 5.11 Å². The Morgan fingerprint density at radius 1 is 1.38 bits per heavy atom. The molecule has 0 bridgehead atoms. The third-order valence-electron chi connectivity index (χ3n) is 2.52. The van der Waals surface area contributed by atoms with Gasteiger partial charge in [-0.2, -0.15) is 0 Å². The van der Waals surface area contributed by atoms with Gasteiger partial charge in [0.2, 0.25) is 0 Å². The highest BCUT2D eigenvalue weighted by atomic mass is 79.9. The van der Waals surface area contributed by atoms with E-state index < -0.39 is 0 Å². The van der Waals surface area contributed by atoms with Crippen LogP contribution in [0.2, 0.25) is 0 Å². The van der Waals surface area contributed by atoms with E-state index in [0.717, 1.165) is 28.8 Å². The SMILES string of the molecule is CCN(CC(C)C)c1ccc(Br)cc1CO. The molecule has 2 nitrogen and oxygen atoms in total. The molecule has 0 aliphatic rings. The van der Waals surface area contributed by atoms with Crippen LogP contribution in [0.5, 0.6) is 0 Å². The maximum Gasteiger partial charge on any atom is 0.0702 e. The van der Waals surface area contributed by atoms with E-state index in [1.807, 2.05) is 12.1 Å². The summed E-state index contributed by atoms with van der Waals surface area (Å²) in [4.78, 5) is 2.31. The number of hydrogen-bond donors (Lipinski definition) is 1. The van der Waals surface area contributed by atoms with Crippen molar-refractivity contribution in [2.45, 2.75) is 27.4 Å². The van der Waals surface area contributed by atoms with Gasteiger partial charge >= 0.3 is 0 Å². The predicted molar refractivity (Wildman–Crippen MR) is 72.8 cm³/mol. The molecule has 0 unspecified atom stereocenters. The van der Waals surface area contributed by atoms with Gasteiger partial charge in [-0.3, -0.25) is 0 Å². The Morgan fingerprint density at radius 3 is 2.56 bits per heavy atom. The Morgan fingerprint density at radius 2 is 2.06 bits per heavy atom. The van der Waals surface area contributed by atoms with Crippen molar-refractivity contribution in [3.05, 3.63) is 28.2 Å². The predicted octanol–water partition coefficient (Wildman–Crippen LogP) is 3.42. The molecule has 0 aromatic heterocycles. The maximum absolute atomic E-state index is 9.37. The summed E-state index contributed by atoms with van der Waals surface area (Å²) < 4.78 is 1.01. The fourth-order valence-electron chi connectivity index (χ4n) is 1.83. The van der Waals surface area contributed by atoms with Gasteiger partial charge in [-0.25, -0.2) is 0 Å². The molecular weight excluding hydrogens is 266 g/mol. The fraction of sp³-hybridized carbons (Fsp3) is 0.538. The van der Waals surface area contributed by atoms with Crippen LogP contribution in [0.25, 0.3) is 0 Å². The second-order valence-electron chi connectivity index (χ2n) is 4.36. The molecule has 1 aromatic rings. The van der Waals surface area contributed by atoms with Crippen LogP contribution in [-0.4, -0.2) is 18.2 Å². The van der Waals surface area contributed by atoms with E-state index in [9.17, 15) is 5.11 Å². The van der Waals surface area contributed by atoms with E-state index in [-0.39, 0.29) is 6.61 Å². The molecule has 0 atom stereocenters. The molecule has 1 N–H and O–H groups in total. The third-order valence-corrected chi connectivity index (χ3v) is 3.01. The molecule has 90 valence electrons. The van der Waals surface area contributed by atoms with Gasteiger partial charge in [-0.1, -0.05) is 29.8 Å². The lowest BCUT2D eigenvalue weighted by Crippen LogP contribution is -2.28. The van der Waals surface area contributed by atoms with Gasteiger partial charge in [0.15, 0.2) is 0 Å². The average Bonchev–Trinajstić information content (AvgIpc) is 2.25. The van der Waals surface area contributed by atoms with Gasteiger partial charge in [-0.05, 0) is 31.0 Å². The van der Waals surface area contributed by atoms with E-state index in [1.165, 1.54) is 0 Å². The van der Waals surface area contributed by atoms with Crippen molar-refractivity contribution in [1.82, 2.24) is 0 Å². The molecule has 0 radical (unpaired) electrons. The Bertz CT molecular complexity index is 339. The second kappa shape index (κ2) is 6.26. The third kappa shape index (κ3) is 3.49. The van der Waals surface area contributed by atoms with E-state index >= 15 is 0 Å². The van der Waals surface area contributed by atoms with Crippen LogP contribution in [-0.2, 0) is 6.61 Å². The number of anilines is 1. The van der Waals surface area contributed by atoms with Crippen molar-refractivity contribution in [3.63, 3.8) is 0 Å². The highest BCUT2D eigenvalue weighted by Crippen LogP contribution is 2.25. The van der Waals surface area contributed by atoms with Crippen LogP contribution < -0.4 is 4.90 Å². The van der Waals surface area contributed by atoms with Crippen LogP contribution >= 0.6 is 15.9 Å². The number of aliphatic hydroxyl groups excluding tert-OH is 1. The molecule has 0 aliphatic heterocycles. The summed E-state index contributed by atoms with van der Waals surface area (Å²) in [5.41, 5.74) is 2.12. The maximum atomic E-state index is 9.37. The van der Waals surface area contributed by atoms with Crippen LogP contribution in [0, 0.1) is 5.92 Å². The topological polar surface area (TPSA) is 23.5 Å². The Kier molecular flexibility index (Phi) is 5.29. The van der Waals surface area contributed by atoms with Gasteiger partial charge in [0, 0.05) is 28.8 Å². The second-order valence-corrected chi connectivity index (χ2v) is 5.28. The Hall–Kier alpha value is -0.540. The number of hydrogen-bond acceptors (Lipinski definition) is 2. The average molecular weight is 286 g/mol. The summed E-state index contributed by atoms with van der Waals surface area (Å²) in [5, 5.41) is 9.37. The van der Waals surface area contributed by atoms with Crippen LogP contribution in [0.1, 0.15) is 26.3 Å². The lowest BCUT2D eigenvalue weighted by molar-refractivity contribution is 0.282. The zero-order valence-electron chi connectivity index (χ0n) is 10.2. The summed E-state index contributed by atoms with van der Waals surface area (Å²) >= 11 is 3.43. The Labute approximate surface area is 106 Å². The normalized spacial score (nSPS) is 10.9. The molecule has 1 rings (SSSR count). The minimum absolute atomic E-state index is 0.0867. The number of aliphatic hydroxyl groups is 1. The molecule has 0 fully saturated rings. The van der Waals surface area contributed by atoms with Crippen molar-refractivity contribution in [1.29, 1.82) is 0 Å². The van der Waals surface area contributed by atoms with Crippen LogP contribution in [0.15, 0.2) is 22.7 Å². The molecular formula is C13H20BrNO. The first kappa shape index (κ1) is 13.5. The van der Waals surface area contributed by atoms with Gasteiger partial charge in [0.1, 0.15) is 0 Å². The smallest absolute Gasteiger partial charge is 0.0702 e. The fourth-order valence-corrected chi connectivity index (χ4v) is 2.24. The number of rotatable bonds is 5. The number of halogens is 1.